The molecule has 1 amide bonds. The monoisotopic (exact) mass is 324 g/mol. The van der Waals surface area contributed by atoms with Gasteiger partial charge in [-0.2, -0.15) is 5.26 Å². The lowest BCUT2D eigenvalue weighted by atomic mass is 9.95. The first kappa shape index (κ1) is 15.9. The van der Waals surface area contributed by atoms with Crippen molar-refractivity contribution in [3.05, 3.63) is 59.4 Å². The van der Waals surface area contributed by atoms with Gasteiger partial charge in [0.25, 0.3) is 0 Å². The van der Waals surface area contributed by atoms with Gasteiger partial charge in [0, 0.05) is 24.7 Å². The van der Waals surface area contributed by atoms with Crippen LogP contribution in [0.5, 0.6) is 0 Å². The zero-order chi connectivity index (χ0) is 16.9. The molecule has 0 saturated carbocycles. The summed E-state index contributed by atoms with van der Waals surface area (Å²) < 4.78 is 6.83. The molecule has 0 spiro atoms. The molecule has 3 rings (SSSR count). The van der Waals surface area contributed by atoms with Crippen LogP contribution in [-0.4, -0.2) is 28.8 Å². The number of aromatic nitrogens is 1. The fourth-order valence-electron chi connectivity index (χ4n) is 3.08. The normalized spacial score (nSPS) is 17.3. The van der Waals surface area contributed by atoms with Gasteiger partial charge < -0.3 is 15.5 Å². The predicted octanol–water partition coefficient (Wildman–Crippen LogP) is 2.59. The molecular formula is C18H20N4O2. The van der Waals surface area contributed by atoms with Gasteiger partial charge in [-0.1, -0.05) is 30.3 Å². The summed E-state index contributed by atoms with van der Waals surface area (Å²) in [7, 11) is 0. The van der Waals surface area contributed by atoms with Crippen LogP contribution in [0.4, 0.5) is 4.79 Å². The minimum atomic E-state index is -0.306. The summed E-state index contributed by atoms with van der Waals surface area (Å²) in [4.78, 5) is 14.0. The zero-order valence-electron chi connectivity index (χ0n) is 13.4. The first-order valence-electron chi connectivity index (χ1n) is 8.01. The van der Waals surface area contributed by atoms with Crippen LogP contribution in [0.25, 0.3) is 0 Å². The summed E-state index contributed by atoms with van der Waals surface area (Å²) in [6, 6.07) is 15.3. The van der Waals surface area contributed by atoms with Gasteiger partial charge in [-0.3, -0.25) is 4.68 Å². The molecule has 0 unspecified atom stereocenters. The van der Waals surface area contributed by atoms with Crippen molar-refractivity contribution in [3.8, 4) is 6.07 Å². The molecule has 24 heavy (non-hydrogen) atoms. The van der Waals surface area contributed by atoms with E-state index in [1.54, 1.807) is 11.0 Å². The Labute approximate surface area is 141 Å². The zero-order valence-corrected chi connectivity index (χ0v) is 13.4. The second kappa shape index (κ2) is 7.09. The minimum Gasteiger partial charge on any atom is -0.445 e. The molecule has 1 saturated heterocycles. The van der Waals surface area contributed by atoms with Gasteiger partial charge in [-0.25, -0.2) is 4.79 Å². The molecular weight excluding hydrogens is 304 g/mol. The first-order valence-corrected chi connectivity index (χ1v) is 8.01. The third-order valence-electron chi connectivity index (χ3n) is 4.37. The van der Waals surface area contributed by atoms with Crippen molar-refractivity contribution < 1.29 is 9.53 Å². The van der Waals surface area contributed by atoms with Crippen molar-refractivity contribution in [2.45, 2.75) is 25.4 Å². The average Bonchev–Trinajstić information content (AvgIpc) is 3.01. The molecule has 1 aliphatic heterocycles. The van der Waals surface area contributed by atoms with Gasteiger partial charge in [0.1, 0.15) is 18.4 Å². The molecule has 0 aliphatic carbocycles. The molecule has 1 aromatic carbocycles. The molecule has 124 valence electrons. The first-order chi connectivity index (χ1) is 11.7. The lowest BCUT2D eigenvalue weighted by Gasteiger charge is -2.32. The number of benzene rings is 1. The Kier molecular flexibility index (Phi) is 4.71. The van der Waals surface area contributed by atoms with Crippen LogP contribution < -0.4 is 5.84 Å². The van der Waals surface area contributed by atoms with Crippen molar-refractivity contribution >= 4 is 6.09 Å². The van der Waals surface area contributed by atoms with Crippen LogP contribution in [0.1, 0.15) is 35.7 Å². The number of ether oxygens (including phenoxy) is 1. The van der Waals surface area contributed by atoms with E-state index in [4.69, 9.17) is 15.8 Å². The van der Waals surface area contributed by atoms with Gasteiger partial charge in [0.2, 0.25) is 0 Å². The number of rotatable bonds is 3. The Bertz CT molecular complexity index is 748. The van der Waals surface area contributed by atoms with Crippen molar-refractivity contribution in [1.82, 2.24) is 9.58 Å². The van der Waals surface area contributed by atoms with E-state index in [9.17, 15) is 4.79 Å². The van der Waals surface area contributed by atoms with Crippen LogP contribution >= 0.6 is 0 Å². The van der Waals surface area contributed by atoms with E-state index in [0.29, 0.717) is 18.8 Å². The smallest absolute Gasteiger partial charge is 0.410 e. The number of nitriles is 1. The SMILES string of the molecule is N#Cc1ccc([C@@H]2CCCN(C(=O)OCc3ccccc3)C2)n1N. The maximum absolute atomic E-state index is 12.3. The van der Waals surface area contributed by atoms with Crippen molar-refractivity contribution in [1.29, 1.82) is 5.26 Å². The van der Waals surface area contributed by atoms with E-state index < -0.39 is 0 Å². The summed E-state index contributed by atoms with van der Waals surface area (Å²) in [5.41, 5.74) is 2.27. The van der Waals surface area contributed by atoms with Crippen LogP contribution in [0, 0.1) is 11.3 Å². The highest BCUT2D eigenvalue weighted by molar-refractivity contribution is 5.67. The third-order valence-corrected chi connectivity index (χ3v) is 4.37. The van der Waals surface area contributed by atoms with Gasteiger partial charge >= 0.3 is 6.09 Å². The quantitative estimate of drug-likeness (QED) is 0.880. The van der Waals surface area contributed by atoms with E-state index in [-0.39, 0.29) is 18.6 Å². The lowest BCUT2D eigenvalue weighted by molar-refractivity contribution is 0.0854. The van der Waals surface area contributed by atoms with Gasteiger partial charge in [0.05, 0.1) is 0 Å². The molecule has 1 aromatic heterocycles. The number of nitrogens with two attached hydrogens (primary N) is 1. The van der Waals surface area contributed by atoms with Gasteiger partial charge in [0.15, 0.2) is 0 Å². The van der Waals surface area contributed by atoms with E-state index in [1.165, 1.54) is 4.68 Å². The summed E-state index contributed by atoms with van der Waals surface area (Å²) in [5, 5.41) is 9.01. The number of amides is 1. The lowest BCUT2D eigenvalue weighted by Crippen LogP contribution is -2.40. The van der Waals surface area contributed by atoms with Crippen molar-refractivity contribution in [2.75, 3.05) is 18.9 Å². The molecule has 0 radical (unpaired) electrons. The highest BCUT2D eigenvalue weighted by Crippen LogP contribution is 2.27. The molecule has 6 heteroatoms. The summed E-state index contributed by atoms with van der Waals surface area (Å²) in [6.07, 6.45) is 1.52. The topological polar surface area (TPSA) is 84.3 Å². The average molecular weight is 324 g/mol. The largest absolute Gasteiger partial charge is 0.445 e. The number of hydrogen-bond acceptors (Lipinski definition) is 4. The molecule has 2 N–H and O–H groups in total. The molecule has 1 fully saturated rings. The molecule has 2 aromatic rings. The number of hydrogen-bond donors (Lipinski definition) is 1. The molecule has 2 heterocycles. The van der Waals surface area contributed by atoms with Crippen LogP contribution in [0.3, 0.4) is 0 Å². The second-order valence-electron chi connectivity index (χ2n) is 5.95. The van der Waals surface area contributed by atoms with Crippen LogP contribution in [0.2, 0.25) is 0 Å². The Morgan fingerprint density at radius 1 is 1.29 bits per heavy atom. The van der Waals surface area contributed by atoms with E-state index in [0.717, 1.165) is 24.1 Å². The molecule has 6 nitrogen and oxygen atoms in total. The second-order valence-corrected chi connectivity index (χ2v) is 5.95. The number of carbonyl (C=O) groups excluding carboxylic acids is 1. The number of likely N-dealkylation sites (tertiary alicyclic amines) is 1. The number of piperidine rings is 1. The van der Waals surface area contributed by atoms with E-state index >= 15 is 0 Å². The molecule has 0 bridgehead atoms. The summed E-state index contributed by atoms with van der Waals surface area (Å²) in [6.45, 7) is 1.51. The van der Waals surface area contributed by atoms with Crippen LogP contribution in [0.15, 0.2) is 42.5 Å². The highest BCUT2D eigenvalue weighted by Gasteiger charge is 2.27. The number of carbonyl (C=O) groups is 1. The maximum atomic E-state index is 12.3. The van der Waals surface area contributed by atoms with Gasteiger partial charge in [-0.15, -0.1) is 0 Å². The standard InChI is InChI=1S/C18H20N4O2/c19-11-16-8-9-17(22(16)20)15-7-4-10-21(12-15)18(23)24-13-14-5-2-1-3-6-14/h1-3,5-6,8-9,15H,4,7,10,12-13,20H2/t15-/m1/s1. The fourth-order valence-corrected chi connectivity index (χ4v) is 3.08. The van der Waals surface area contributed by atoms with Crippen molar-refractivity contribution in [3.63, 3.8) is 0 Å². The third kappa shape index (κ3) is 3.35. The highest BCUT2D eigenvalue weighted by atomic mass is 16.6. The molecule has 1 aliphatic rings. The van der Waals surface area contributed by atoms with E-state index in [1.807, 2.05) is 36.4 Å². The Morgan fingerprint density at radius 3 is 2.79 bits per heavy atom. The maximum Gasteiger partial charge on any atom is 0.410 e. The summed E-state index contributed by atoms with van der Waals surface area (Å²) in [5.74, 6) is 6.08. The Balaban J connectivity index is 1.61. The van der Waals surface area contributed by atoms with Gasteiger partial charge in [-0.05, 0) is 30.5 Å². The Hall–Kier alpha value is -2.94. The van der Waals surface area contributed by atoms with E-state index in [2.05, 4.69) is 6.07 Å². The minimum absolute atomic E-state index is 0.120. The molecule has 1 atom stereocenters. The predicted molar refractivity (Wildman–Crippen MR) is 89.5 cm³/mol. The summed E-state index contributed by atoms with van der Waals surface area (Å²) >= 11 is 0. The fraction of sp³-hybridized carbons (Fsp3) is 0.333. The number of nitrogen functional groups attached to an aromatic ring is 1. The number of nitrogens with zero attached hydrogens (tertiary/aromatic N) is 3. The van der Waals surface area contributed by atoms with Crippen molar-refractivity contribution in [2.24, 2.45) is 0 Å². The van der Waals surface area contributed by atoms with Crippen LogP contribution in [-0.2, 0) is 11.3 Å². The Morgan fingerprint density at radius 2 is 2.08 bits per heavy atom.